The molecule has 0 aliphatic heterocycles. The van der Waals surface area contributed by atoms with Gasteiger partial charge in [0, 0.05) is 13.2 Å². The number of hydrogen-bond donors (Lipinski definition) is 0. The van der Waals surface area contributed by atoms with Gasteiger partial charge in [-0.3, -0.25) is 0 Å². The van der Waals surface area contributed by atoms with E-state index in [0.717, 1.165) is 42.8 Å². The molecule has 4 rings (SSSR count). The minimum absolute atomic E-state index is 0.906. The van der Waals surface area contributed by atoms with Crippen LogP contribution in [0.15, 0.2) is 0 Å². The van der Waals surface area contributed by atoms with Gasteiger partial charge in [-0.15, -0.1) is 0 Å². The molecule has 1 heteroatoms. The molecule has 0 spiro atoms. The fourth-order valence-corrected chi connectivity index (χ4v) is 4.56. The van der Waals surface area contributed by atoms with Crippen LogP contribution in [0.25, 0.3) is 0 Å². The lowest BCUT2D eigenvalue weighted by Gasteiger charge is -2.54. The largest absolute Gasteiger partial charge is 0.381 e. The van der Waals surface area contributed by atoms with E-state index in [9.17, 15) is 0 Å². The molecule has 14 heavy (non-hydrogen) atoms. The summed E-state index contributed by atoms with van der Waals surface area (Å²) in [6.07, 6.45) is 7.69. The van der Waals surface area contributed by atoms with E-state index >= 15 is 0 Å². The Morgan fingerprint density at radius 1 is 0.929 bits per heavy atom. The SMILES string of the molecule is CCOCC1C2CC3C[C@H](C2)C[C@@H]1C3. The maximum Gasteiger partial charge on any atom is 0.0499 e. The maximum atomic E-state index is 5.66. The highest BCUT2D eigenvalue weighted by Crippen LogP contribution is 2.56. The van der Waals surface area contributed by atoms with Gasteiger partial charge in [-0.2, -0.15) is 0 Å². The van der Waals surface area contributed by atoms with E-state index in [2.05, 4.69) is 6.92 Å². The monoisotopic (exact) mass is 194 g/mol. The van der Waals surface area contributed by atoms with Crippen molar-refractivity contribution in [3.8, 4) is 0 Å². The average molecular weight is 194 g/mol. The molecular formula is C13H22O. The van der Waals surface area contributed by atoms with Crippen molar-refractivity contribution in [1.29, 1.82) is 0 Å². The number of hydrogen-bond acceptors (Lipinski definition) is 1. The van der Waals surface area contributed by atoms with Crippen molar-refractivity contribution >= 4 is 0 Å². The molecule has 0 aromatic carbocycles. The van der Waals surface area contributed by atoms with Gasteiger partial charge < -0.3 is 4.74 Å². The zero-order valence-electron chi connectivity index (χ0n) is 9.24. The van der Waals surface area contributed by atoms with E-state index in [1.165, 1.54) is 25.7 Å². The standard InChI is InChI=1S/C13H22O/c1-2-14-8-13-11-4-9-3-10(6-11)7-12(13)5-9/h9-13H,2-8H2,1H3/t9-,10?,11+,12?,13?/m0/s1. The second-order valence-corrected chi connectivity index (χ2v) is 5.75. The van der Waals surface area contributed by atoms with Crippen molar-refractivity contribution in [2.75, 3.05) is 13.2 Å². The Morgan fingerprint density at radius 3 is 2.00 bits per heavy atom. The minimum Gasteiger partial charge on any atom is -0.381 e. The molecule has 0 unspecified atom stereocenters. The van der Waals surface area contributed by atoms with E-state index in [0.29, 0.717) is 0 Å². The van der Waals surface area contributed by atoms with Gasteiger partial charge in [0.1, 0.15) is 0 Å². The van der Waals surface area contributed by atoms with Gasteiger partial charge in [0.05, 0.1) is 0 Å². The molecule has 4 aliphatic rings. The van der Waals surface area contributed by atoms with E-state index in [-0.39, 0.29) is 0 Å². The summed E-state index contributed by atoms with van der Waals surface area (Å²) in [5.41, 5.74) is 0. The third-order valence-corrected chi connectivity index (χ3v) is 4.94. The Bertz CT molecular complexity index is 183. The molecule has 0 aromatic rings. The summed E-state index contributed by atoms with van der Waals surface area (Å²) in [7, 11) is 0. The molecule has 4 aliphatic carbocycles. The summed E-state index contributed by atoms with van der Waals surface area (Å²) in [5, 5.41) is 0. The van der Waals surface area contributed by atoms with Crippen LogP contribution in [0.1, 0.15) is 39.0 Å². The van der Waals surface area contributed by atoms with Crippen LogP contribution < -0.4 is 0 Å². The van der Waals surface area contributed by atoms with Crippen molar-refractivity contribution in [3.63, 3.8) is 0 Å². The van der Waals surface area contributed by atoms with Crippen LogP contribution in [0, 0.1) is 29.6 Å². The Hall–Kier alpha value is -0.0400. The summed E-state index contributed by atoms with van der Waals surface area (Å²) < 4.78 is 5.66. The van der Waals surface area contributed by atoms with E-state index in [1.807, 2.05) is 0 Å². The molecule has 4 saturated carbocycles. The normalized spacial score (nSPS) is 49.9. The first-order valence-corrected chi connectivity index (χ1v) is 6.44. The topological polar surface area (TPSA) is 9.23 Å². The van der Waals surface area contributed by atoms with Crippen molar-refractivity contribution in [2.24, 2.45) is 29.6 Å². The van der Waals surface area contributed by atoms with Crippen molar-refractivity contribution in [2.45, 2.75) is 39.0 Å². The van der Waals surface area contributed by atoms with Crippen LogP contribution in [0.4, 0.5) is 0 Å². The minimum atomic E-state index is 0.906. The molecule has 0 atom stereocenters. The lowest BCUT2D eigenvalue weighted by molar-refractivity contribution is -0.0699. The fraction of sp³-hybridized carbons (Fsp3) is 1.00. The van der Waals surface area contributed by atoms with Gasteiger partial charge in [-0.05, 0) is 68.6 Å². The highest BCUT2D eigenvalue weighted by atomic mass is 16.5. The smallest absolute Gasteiger partial charge is 0.0499 e. The quantitative estimate of drug-likeness (QED) is 0.671. The third-order valence-electron chi connectivity index (χ3n) is 4.94. The molecular weight excluding hydrogens is 172 g/mol. The molecule has 0 saturated heterocycles. The Morgan fingerprint density at radius 2 is 1.50 bits per heavy atom. The van der Waals surface area contributed by atoms with Crippen LogP contribution in [0.2, 0.25) is 0 Å². The van der Waals surface area contributed by atoms with E-state index < -0.39 is 0 Å². The predicted octanol–water partition coefficient (Wildman–Crippen LogP) is 3.10. The van der Waals surface area contributed by atoms with Gasteiger partial charge in [-0.25, -0.2) is 0 Å². The molecule has 0 N–H and O–H groups in total. The highest BCUT2D eigenvalue weighted by Gasteiger charge is 2.47. The van der Waals surface area contributed by atoms with Gasteiger partial charge >= 0.3 is 0 Å². The van der Waals surface area contributed by atoms with E-state index in [1.54, 1.807) is 6.42 Å². The molecule has 1 nitrogen and oxygen atoms in total. The van der Waals surface area contributed by atoms with Crippen LogP contribution in [-0.2, 0) is 4.74 Å². The number of ether oxygens (including phenoxy) is 1. The van der Waals surface area contributed by atoms with Gasteiger partial charge in [-0.1, -0.05) is 0 Å². The second-order valence-electron chi connectivity index (χ2n) is 5.75. The average Bonchev–Trinajstić information content (AvgIpc) is 2.15. The predicted molar refractivity (Wildman–Crippen MR) is 57.0 cm³/mol. The third kappa shape index (κ3) is 1.41. The molecule has 0 radical (unpaired) electrons. The van der Waals surface area contributed by atoms with E-state index in [4.69, 9.17) is 4.74 Å². The van der Waals surface area contributed by atoms with Crippen LogP contribution in [-0.4, -0.2) is 13.2 Å². The lowest BCUT2D eigenvalue weighted by atomic mass is 9.52. The van der Waals surface area contributed by atoms with Crippen molar-refractivity contribution < 1.29 is 4.74 Å². The molecule has 80 valence electrons. The first-order valence-electron chi connectivity index (χ1n) is 6.44. The molecule has 0 heterocycles. The van der Waals surface area contributed by atoms with Crippen LogP contribution in [0.5, 0.6) is 0 Å². The lowest BCUT2D eigenvalue weighted by Crippen LogP contribution is -2.46. The summed E-state index contributed by atoms with van der Waals surface area (Å²) >= 11 is 0. The van der Waals surface area contributed by atoms with Crippen LogP contribution >= 0.6 is 0 Å². The fourth-order valence-electron chi connectivity index (χ4n) is 4.56. The number of rotatable bonds is 3. The Balaban J connectivity index is 1.69. The van der Waals surface area contributed by atoms with Gasteiger partial charge in [0.2, 0.25) is 0 Å². The molecule has 4 fully saturated rings. The molecule has 0 amide bonds. The summed E-state index contributed by atoms with van der Waals surface area (Å²) in [5.74, 6) is 5.23. The zero-order chi connectivity index (χ0) is 9.54. The first-order chi connectivity index (χ1) is 6.86. The maximum absolute atomic E-state index is 5.66. The molecule has 0 aromatic heterocycles. The van der Waals surface area contributed by atoms with Gasteiger partial charge in [0.15, 0.2) is 0 Å². The second kappa shape index (κ2) is 3.52. The summed E-state index contributed by atoms with van der Waals surface area (Å²) in [6.45, 7) is 4.09. The zero-order valence-corrected chi connectivity index (χ0v) is 9.24. The first kappa shape index (κ1) is 9.21. The Kier molecular flexibility index (Phi) is 2.31. The molecule has 4 bridgehead atoms. The summed E-state index contributed by atoms with van der Waals surface area (Å²) in [4.78, 5) is 0. The summed E-state index contributed by atoms with van der Waals surface area (Å²) in [6, 6.07) is 0. The van der Waals surface area contributed by atoms with Crippen molar-refractivity contribution in [3.05, 3.63) is 0 Å². The highest BCUT2D eigenvalue weighted by molar-refractivity contribution is 4.97. The van der Waals surface area contributed by atoms with Crippen LogP contribution in [0.3, 0.4) is 0 Å². The van der Waals surface area contributed by atoms with Crippen molar-refractivity contribution in [1.82, 2.24) is 0 Å². The Labute approximate surface area is 87.2 Å². The van der Waals surface area contributed by atoms with Gasteiger partial charge in [0.25, 0.3) is 0 Å².